The van der Waals surface area contributed by atoms with Crippen molar-refractivity contribution in [2.45, 2.75) is 46.1 Å². The van der Waals surface area contributed by atoms with Crippen LogP contribution in [0.2, 0.25) is 0 Å². The summed E-state index contributed by atoms with van der Waals surface area (Å²) in [6.45, 7) is 10.3. The SMILES string of the molecule is CCCNCc1nc(C(C)(C)C)co1. The molecule has 0 fully saturated rings. The van der Waals surface area contributed by atoms with Crippen LogP contribution in [0.3, 0.4) is 0 Å². The number of nitrogens with one attached hydrogen (secondary N) is 1. The molecule has 80 valence electrons. The topological polar surface area (TPSA) is 38.1 Å². The fourth-order valence-corrected chi connectivity index (χ4v) is 1.11. The summed E-state index contributed by atoms with van der Waals surface area (Å²) in [4.78, 5) is 4.42. The second-order valence-electron chi connectivity index (χ2n) is 4.55. The molecule has 1 N–H and O–H groups in total. The number of oxazole rings is 1. The second kappa shape index (κ2) is 4.60. The van der Waals surface area contributed by atoms with Gasteiger partial charge in [-0.25, -0.2) is 4.98 Å². The van der Waals surface area contributed by atoms with Crippen molar-refractivity contribution in [3.8, 4) is 0 Å². The zero-order valence-corrected chi connectivity index (χ0v) is 9.55. The molecule has 0 bridgehead atoms. The van der Waals surface area contributed by atoms with E-state index >= 15 is 0 Å². The van der Waals surface area contributed by atoms with Crippen molar-refractivity contribution >= 4 is 0 Å². The average molecular weight is 196 g/mol. The molecule has 0 aliphatic carbocycles. The van der Waals surface area contributed by atoms with E-state index in [0.29, 0.717) is 0 Å². The molecule has 0 amide bonds. The summed E-state index contributed by atoms with van der Waals surface area (Å²) in [7, 11) is 0. The van der Waals surface area contributed by atoms with Crippen molar-refractivity contribution in [2.75, 3.05) is 6.54 Å². The van der Waals surface area contributed by atoms with Gasteiger partial charge < -0.3 is 9.73 Å². The predicted octanol–water partition coefficient (Wildman–Crippen LogP) is 2.47. The first kappa shape index (κ1) is 11.2. The Morgan fingerprint density at radius 2 is 2.14 bits per heavy atom. The van der Waals surface area contributed by atoms with Crippen LogP contribution in [-0.2, 0) is 12.0 Å². The van der Waals surface area contributed by atoms with Gasteiger partial charge in [0.25, 0.3) is 0 Å². The maximum atomic E-state index is 5.36. The molecule has 0 unspecified atom stereocenters. The Kier molecular flexibility index (Phi) is 3.69. The summed E-state index contributed by atoms with van der Waals surface area (Å²) in [5.74, 6) is 0.781. The molecule has 0 saturated carbocycles. The summed E-state index contributed by atoms with van der Waals surface area (Å²) in [5.41, 5.74) is 1.10. The summed E-state index contributed by atoms with van der Waals surface area (Å²) >= 11 is 0. The van der Waals surface area contributed by atoms with Crippen molar-refractivity contribution in [3.63, 3.8) is 0 Å². The Hall–Kier alpha value is -0.830. The normalized spacial score (nSPS) is 12.0. The maximum Gasteiger partial charge on any atom is 0.208 e. The van der Waals surface area contributed by atoms with Crippen LogP contribution in [-0.4, -0.2) is 11.5 Å². The summed E-state index contributed by atoms with van der Waals surface area (Å²) < 4.78 is 5.36. The number of aromatic nitrogens is 1. The molecule has 0 aliphatic rings. The van der Waals surface area contributed by atoms with Crippen LogP contribution >= 0.6 is 0 Å². The number of nitrogens with zero attached hydrogens (tertiary/aromatic N) is 1. The van der Waals surface area contributed by atoms with Crippen LogP contribution < -0.4 is 5.32 Å². The number of hydrogen-bond acceptors (Lipinski definition) is 3. The number of rotatable bonds is 4. The van der Waals surface area contributed by atoms with E-state index in [2.05, 4.69) is 38.0 Å². The Labute approximate surface area is 85.9 Å². The zero-order valence-electron chi connectivity index (χ0n) is 9.55. The molecular formula is C11H20N2O. The molecule has 0 aliphatic heterocycles. The van der Waals surface area contributed by atoms with Crippen LogP contribution in [0.5, 0.6) is 0 Å². The highest BCUT2D eigenvalue weighted by molar-refractivity contribution is 5.08. The van der Waals surface area contributed by atoms with E-state index in [4.69, 9.17) is 4.42 Å². The molecule has 1 heterocycles. The quantitative estimate of drug-likeness (QED) is 0.752. The smallest absolute Gasteiger partial charge is 0.208 e. The lowest BCUT2D eigenvalue weighted by Gasteiger charge is -2.12. The van der Waals surface area contributed by atoms with Crippen molar-refractivity contribution in [3.05, 3.63) is 17.8 Å². The Balaban J connectivity index is 2.51. The van der Waals surface area contributed by atoms with Crippen molar-refractivity contribution < 1.29 is 4.42 Å². The molecule has 3 heteroatoms. The van der Waals surface area contributed by atoms with Crippen LogP contribution in [0.1, 0.15) is 45.7 Å². The molecule has 1 aromatic rings. The molecule has 1 aromatic heterocycles. The number of hydrogen-bond donors (Lipinski definition) is 1. The van der Waals surface area contributed by atoms with Gasteiger partial charge >= 0.3 is 0 Å². The molecule has 0 aromatic carbocycles. The first-order valence-electron chi connectivity index (χ1n) is 5.19. The van der Waals surface area contributed by atoms with E-state index in [1.165, 1.54) is 0 Å². The van der Waals surface area contributed by atoms with Crippen molar-refractivity contribution in [1.29, 1.82) is 0 Å². The van der Waals surface area contributed by atoms with Crippen LogP contribution in [0, 0.1) is 0 Å². The maximum absolute atomic E-state index is 5.36. The van der Waals surface area contributed by atoms with Gasteiger partial charge in [0, 0.05) is 5.41 Å². The molecule has 1 rings (SSSR count). The van der Waals surface area contributed by atoms with Gasteiger partial charge in [0.1, 0.15) is 6.26 Å². The molecule has 0 atom stereocenters. The van der Waals surface area contributed by atoms with Gasteiger partial charge in [-0.3, -0.25) is 0 Å². The van der Waals surface area contributed by atoms with Crippen LogP contribution in [0.25, 0.3) is 0 Å². The molecule has 0 spiro atoms. The fraction of sp³-hybridized carbons (Fsp3) is 0.727. The van der Waals surface area contributed by atoms with Crippen molar-refractivity contribution in [2.24, 2.45) is 0 Å². The second-order valence-corrected chi connectivity index (χ2v) is 4.55. The Morgan fingerprint density at radius 1 is 1.43 bits per heavy atom. The minimum atomic E-state index is 0.0759. The van der Waals surface area contributed by atoms with E-state index in [-0.39, 0.29) is 5.41 Å². The van der Waals surface area contributed by atoms with Gasteiger partial charge in [-0.2, -0.15) is 0 Å². The zero-order chi connectivity index (χ0) is 10.6. The van der Waals surface area contributed by atoms with E-state index < -0.39 is 0 Å². The predicted molar refractivity (Wildman–Crippen MR) is 57.2 cm³/mol. The third-order valence-corrected chi connectivity index (χ3v) is 2.02. The first-order valence-corrected chi connectivity index (χ1v) is 5.19. The Bertz CT molecular complexity index is 273. The van der Waals surface area contributed by atoms with Gasteiger partial charge in [-0.1, -0.05) is 27.7 Å². The summed E-state index contributed by atoms with van der Waals surface area (Å²) in [5, 5.41) is 3.26. The third kappa shape index (κ3) is 3.14. The highest BCUT2D eigenvalue weighted by Gasteiger charge is 2.18. The first-order chi connectivity index (χ1) is 6.54. The van der Waals surface area contributed by atoms with Crippen molar-refractivity contribution in [1.82, 2.24) is 10.3 Å². The molecular weight excluding hydrogens is 176 g/mol. The van der Waals surface area contributed by atoms with E-state index in [1.54, 1.807) is 6.26 Å². The molecule has 0 saturated heterocycles. The minimum absolute atomic E-state index is 0.0759. The van der Waals surface area contributed by atoms with E-state index in [0.717, 1.165) is 31.1 Å². The molecule has 14 heavy (non-hydrogen) atoms. The third-order valence-electron chi connectivity index (χ3n) is 2.02. The van der Waals surface area contributed by atoms with E-state index in [1.807, 2.05) is 0 Å². The fourth-order valence-electron chi connectivity index (χ4n) is 1.11. The van der Waals surface area contributed by atoms with Crippen LogP contribution in [0.4, 0.5) is 0 Å². The summed E-state index contributed by atoms with van der Waals surface area (Å²) in [6.07, 6.45) is 2.88. The lowest BCUT2D eigenvalue weighted by atomic mass is 9.93. The Morgan fingerprint density at radius 3 is 2.64 bits per heavy atom. The monoisotopic (exact) mass is 196 g/mol. The van der Waals surface area contributed by atoms with Gasteiger partial charge in [0.05, 0.1) is 12.2 Å². The van der Waals surface area contributed by atoms with Crippen LogP contribution in [0.15, 0.2) is 10.7 Å². The standard InChI is InChI=1S/C11H20N2O/c1-5-6-12-7-10-13-9(8-14-10)11(2,3)4/h8,12H,5-7H2,1-4H3. The van der Waals surface area contributed by atoms with Gasteiger partial charge in [0.2, 0.25) is 5.89 Å². The van der Waals surface area contributed by atoms with E-state index in [9.17, 15) is 0 Å². The lowest BCUT2D eigenvalue weighted by Crippen LogP contribution is -2.15. The lowest BCUT2D eigenvalue weighted by molar-refractivity contribution is 0.467. The molecule has 0 radical (unpaired) electrons. The highest BCUT2D eigenvalue weighted by Crippen LogP contribution is 2.20. The largest absolute Gasteiger partial charge is 0.447 e. The summed E-state index contributed by atoms with van der Waals surface area (Å²) in [6, 6.07) is 0. The molecule has 3 nitrogen and oxygen atoms in total. The van der Waals surface area contributed by atoms with Gasteiger partial charge in [-0.15, -0.1) is 0 Å². The minimum Gasteiger partial charge on any atom is -0.447 e. The highest BCUT2D eigenvalue weighted by atomic mass is 16.3. The average Bonchev–Trinajstić information content (AvgIpc) is 2.52. The van der Waals surface area contributed by atoms with Gasteiger partial charge in [-0.05, 0) is 13.0 Å². The van der Waals surface area contributed by atoms with Gasteiger partial charge in [0.15, 0.2) is 0 Å².